The highest BCUT2D eigenvalue weighted by atomic mass is 35.5. The first kappa shape index (κ1) is 16.6. The molecular formula is C20H22ClN2O+. The van der Waals surface area contributed by atoms with E-state index in [2.05, 4.69) is 23.3 Å². The Balaban J connectivity index is 1.83. The van der Waals surface area contributed by atoms with Crippen LogP contribution in [0.15, 0.2) is 48.5 Å². The topological polar surface area (TPSA) is 35.4 Å². The number of rotatable bonds is 6. The Hall–Kier alpha value is -2.26. The summed E-state index contributed by atoms with van der Waals surface area (Å²) >= 11 is 6.16. The normalized spacial score (nSPS) is 10.8. The summed E-state index contributed by atoms with van der Waals surface area (Å²) < 4.78 is 5.71. The molecule has 1 aromatic heterocycles. The molecule has 1 heterocycles. The fourth-order valence-electron chi connectivity index (χ4n) is 2.62. The highest BCUT2D eigenvalue weighted by Crippen LogP contribution is 2.28. The summed E-state index contributed by atoms with van der Waals surface area (Å²) in [6.07, 6.45) is 2.21. The second-order valence-corrected chi connectivity index (χ2v) is 6.34. The summed E-state index contributed by atoms with van der Waals surface area (Å²) in [6.45, 7) is 4.97. The zero-order valence-corrected chi connectivity index (χ0v) is 14.8. The minimum atomic E-state index is 0.725. The molecule has 2 aromatic carbocycles. The van der Waals surface area contributed by atoms with Gasteiger partial charge in [0.25, 0.3) is 0 Å². The third kappa shape index (κ3) is 3.98. The fraction of sp³-hybridized carbons (Fsp3) is 0.250. The molecule has 0 unspecified atom stereocenters. The standard InChI is InChI=1S/C20H21ClN2O/c1-3-4-11-24-17-8-6-16(7-9-17)23-20-12-14(2)22-19-10-5-15(21)13-18(19)20/h5-10,12-13H,3-4,11H2,1-2H3,(H,22,23)/p+1. The first-order valence-corrected chi connectivity index (χ1v) is 8.65. The maximum absolute atomic E-state index is 6.16. The number of pyridine rings is 1. The van der Waals surface area contributed by atoms with Gasteiger partial charge in [-0.15, -0.1) is 0 Å². The van der Waals surface area contributed by atoms with Crippen LogP contribution in [0.1, 0.15) is 25.5 Å². The van der Waals surface area contributed by atoms with Crippen molar-refractivity contribution in [2.24, 2.45) is 0 Å². The predicted molar refractivity (Wildman–Crippen MR) is 100 cm³/mol. The number of benzene rings is 2. The number of fused-ring (bicyclic) bond motifs is 1. The molecule has 0 amide bonds. The molecule has 0 radical (unpaired) electrons. The molecule has 0 bridgehead atoms. The number of anilines is 2. The predicted octanol–water partition coefficient (Wildman–Crippen LogP) is 5.54. The largest absolute Gasteiger partial charge is 0.494 e. The van der Waals surface area contributed by atoms with E-state index in [0.29, 0.717) is 0 Å². The highest BCUT2D eigenvalue weighted by molar-refractivity contribution is 6.31. The van der Waals surface area contributed by atoms with E-state index in [9.17, 15) is 0 Å². The molecule has 3 nitrogen and oxygen atoms in total. The maximum atomic E-state index is 6.16. The van der Waals surface area contributed by atoms with Gasteiger partial charge in [0.15, 0.2) is 5.69 Å². The van der Waals surface area contributed by atoms with Crippen molar-refractivity contribution in [3.05, 3.63) is 59.2 Å². The molecule has 0 fully saturated rings. The van der Waals surface area contributed by atoms with E-state index in [-0.39, 0.29) is 0 Å². The number of unbranched alkanes of at least 4 members (excludes halogenated alkanes) is 1. The Morgan fingerprint density at radius 1 is 1.08 bits per heavy atom. The van der Waals surface area contributed by atoms with Crippen LogP contribution in [-0.2, 0) is 0 Å². The molecule has 0 aliphatic carbocycles. The Morgan fingerprint density at radius 2 is 1.88 bits per heavy atom. The summed E-state index contributed by atoms with van der Waals surface area (Å²) in [6, 6.07) is 16.0. The van der Waals surface area contributed by atoms with E-state index < -0.39 is 0 Å². The molecule has 3 rings (SSSR count). The number of halogens is 1. The maximum Gasteiger partial charge on any atom is 0.213 e. The Morgan fingerprint density at radius 3 is 2.62 bits per heavy atom. The van der Waals surface area contributed by atoms with Gasteiger partial charge < -0.3 is 10.1 Å². The number of H-pyrrole nitrogens is 1. The molecule has 4 heteroatoms. The number of ether oxygens (including phenoxy) is 1. The molecule has 0 aliphatic rings. The summed E-state index contributed by atoms with van der Waals surface area (Å²) in [5, 5.41) is 5.27. The third-order valence-electron chi connectivity index (χ3n) is 3.86. The molecular weight excluding hydrogens is 320 g/mol. The van der Waals surface area contributed by atoms with E-state index in [0.717, 1.165) is 58.2 Å². The van der Waals surface area contributed by atoms with Gasteiger partial charge >= 0.3 is 0 Å². The molecule has 0 spiro atoms. The number of nitrogens with one attached hydrogen (secondary N) is 2. The molecule has 0 atom stereocenters. The average Bonchev–Trinajstić information content (AvgIpc) is 2.57. The summed E-state index contributed by atoms with van der Waals surface area (Å²) in [4.78, 5) is 3.36. The van der Waals surface area contributed by atoms with Crippen LogP contribution < -0.4 is 15.0 Å². The van der Waals surface area contributed by atoms with Crippen LogP contribution in [0, 0.1) is 6.92 Å². The summed E-state index contributed by atoms with van der Waals surface area (Å²) in [5.74, 6) is 0.902. The van der Waals surface area contributed by atoms with Gasteiger partial charge in [0, 0.05) is 29.8 Å². The molecule has 0 saturated carbocycles. The monoisotopic (exact) mass is 341 g/mol. The lowest BCUT2D eigenvalue weighted by molar-refractivity contribution is -0.354. The van der Waals surface area contributed by atoms with Crippen molar-refractivity contribution >= 4 is 33.9 Å². The first-order valence-electron chi connectivity index (χ1n) is 8.28. The summed E-state index contributed by atoms with van der Waals surface area (Å²) in [5.41, 5.74) is 4.20. The van der Waals surface area contributed by atoms with Gasteiger partial charge in [-0.05, 0) is 42.8 Å². The van der Waals surface area contributed by atoms with Gasteiger partial charge in [0.2, 0.25) is 5.52 Å². The van der Waals surface area contributed by atoms with Crippen LogP contribution in [0.3, 0.4) is 0 Å². The van der Waals surface area contributed by atoms with Gasteiger partial charge in [-0.2, -0.15) is 0 Å². The first-order chi connectivity index (χ1) is 11.7. The van der Waals surface area contributed by atoms with Crippen molar-refractivity contribution in [3.8, 4) is 5.75 Å². The number of aromatic nitrogens is 1. The highest BCUT2D eigenvalue weighted by Gasteiger charge is 2.10. The van der Waals surface area contributed by atoms with E-state index in [4.69, 9.17) is 16.3 Å². The van der Waals surface area contributed by atoms with Crippen LogP contribution in [0.25, 0.3) is 10.9 Å². The number of aryl methyl sites for hydroxylation is 1. The van der Waals surface area contributed by atoms with Gasteiger partial charge in [-0.3, -0.25) is 0 Å². The van der Waals surface area contributed by atoms with Gasteiger partial charge in [-0.25, -0.2) is 4.98 Å². The minimum absolute atomic E-state index is 0.725. The lowest BCUT2D eigenvalue weighted by Gasteiger charge is -2.10. The van der Waals surface area contributed by atoms with Crippen molar-refractivity contribution < 1.29 is 9.72 Å². The van der Waals surface area contributed by atoms with Crippen molar-refractivity contribution in [1.82, 2.24) is 0 Å². The van der Waals surface area contributed by atoms with Crippen molar-refractivity contribution in [2.45, 2.75) is 26.7 Å². The van der Waals surface area contributed by atoms with Crippen LogP contribution in [0.4, 0.5) is 11.4 Å². The smallest absolute Gasteiger partial charge is 0.213 e. The van der Waals surface area contributed by atoms with E-state index >= 15 is 0 Å². The number of aromatic amines is 1. The van der Waals surface area contributed by atoms with E-state index in [1.807, 2.05) is 49.4 Å². The number of hydrogen-bond donors (Lipinski definition) is 1. The second-order valence-electron chi connectivity index (χ2n) is 5.91. The fourth-order valence-corrected chi connectivity index (χ4v) is 2.79. The second kappa shape index (κ2) is 7.54. The van der Waals surface area contributed by atoms with Crippen molar-refractivity contribution in [1.29, 1.82) is 0 Å². The van der Waals surface area contributed by atoms with E-state index in [1.165, 1.54) is 0 Å². The molecule has 0 saturated heterocycles. The molecule has 0 aliphatic heterocycles. The molecule has 2 N–H and O–H groups in total. The third-order valence-corrected chi connectivity index (χ3v) is 4.10. The Bertz CT molecular complexity index is 831. The van der Waals surface area contributed by atoms with Crippen LogP contribution in [0.2, 0.25) is 5.02 Å². The van der Waals surface area contributed by atoms with Crippen LogP contribution in [0.5, 0.6) is 5.75 Å². The number of hydrogen-bond acceptors (Lipinski definition) is 2. The zero-order chi connectivity index (χ0) is 16.9. The minimum Gasteiger partial charge on any atom is -0.494 e. The van der Waals surface area contributed by atoms with Crippen LogP contribution in [-0.4, -0.2) is 6.61 Å². The SMILES string of the molecule is CCCCOc1ccc(Nc2cc(C)[nH+]c3ccc(Cl)cc23)cc1. The zero-order valence-electron chi connectivity index (χ0n) is 14.0. The average molecular weight is 342 g/mol. The van der Waals surface area contributed by atoms with Crippen molar-refractivity contribution in [3.63, 3.8) is 0 Å². The van der Waals surface area contributed by atoms with Gasteiger partial charge in [0.05, 0.1) is 17.7 Å². The molecule has 3 aromatic rings. The molecule has 124 valence electrons. The lowest BCUT2D eigenvalue weighted by Crippen LogP contribution is -2.09. The Labute approximate surface area is 147 Å². The van der Waals surface area contributed by atoms with Gasteiger partial charge in [-0.1, -0.05) is 24.9 Å². The molecule has 24 heavy (non-hydrogen) atoms. The lowest BCUT2D eigenvalue weighted by atomic mass is 10.1. The Kier molecular flexibility index (Phi) is 5.21. The van der Waals surface area contributed by atoms with Crippen LogP contribution >= 0.6 is 11.6 Å². The van der Waals surface area contributed by atoms with Gasteiger partial charge in [0.1, 0.15) is 5.75 Å². The van der Waals surface area contributed by atoms with Crippen molar-refractivity contribution in [2.75, 3.05) is 11.9 Å². The summed E-state index contributed by atoms with van der Waals surface area (Å²) in [7, 11) is 0. The quantitative estimate of drug-likeness (QED) is 0.597. The van der Waals surface area contributed by atoms with E-state index in [1.54, 1.807) is 0 Å².